The molecule has 0 spiro atoms. The molecule has 7 N–H and O–H groups in total. The van der Waals surface area contributed by atoms with Crippen molar-refractivity contribution in [1.82, 2.24) is 15.5 Å². The summed E-state index contributed by atoms with van der Waals surface area (Å²) in [7, 11) is 0. The molecule has 0 bridgehead atoms. The van der Waals surface area contributed by atoms with Crippen molar-refractivity contribution in [2.24, 2.45) is 17.4 Å². The van der Waals surface area contributed by atoms with E-state index < -0.39 is 42.0 Å². The SMILES string of the molecule is CC(C)CC(N)C(=O)NC(C)C(=O)N1CCCC1C(=O)NC(CCCCN)C(=O)O. The fourth-order valence-electron chi connectivity index (χ4n) is 3.57. The van der Waals surface area contributed by atoms with Crippen LogP contribution in [0.5, 0.6) is 0 Å². The molecule has 0 aromatic carbocycles. The first-order valence-corrected chi connectivity index (χ1v) is 10.7. The number of carboxylic acids is 1. The number of carbonyl (C=O) groups excluding carboxylic acids is 3. The van der Waals surface area contributed by atoms with Gasteiger partial charge in [0, 0.05) is 6.54 Å². The highest BCUT2D eigenvalue weighted by Gasteiger charge is 2.37. The number of unbranched alkanes of at least 4 members (excludes halogenated alkanes) is 1. The number of rotatable bonds is 12. The van der Waals surface area contributed by atoms with Crippen molar-refractivity contribution >= 4 is 23.7 Å². The van der Waals surface area contributed by atoms with Gasteiger partial charge in [-0.2, -0.15) is 0 Å². The van der Waals surface area contributed by atoms with Crippen molar-refractivity contribution in [2.45, 2.75) is 83.5 Å². The minimum Gasteiger partial charge on any atom is -0.480 e. The van der Waals surface area contributed by atoms with Gasteiger partial charge >= 0.3 is 5.97 Å². The molecule has 1 rings (SSSR count). The van der Waals surface area contributed by atoms with Gasteiger partial charge in [-0.15, -0.1) is 0 Å². The fraction of sp³-hybridized carbons (Fsp3) is 0.800. The Bertz CT molecular complexity index is 612. The van der Waals surface area contributed by atoms with E-state index in [1.54, 1.807) is 6.92 Å². The van der Waals surface area contributed by atoms with E-state index in [0.717, 1.165) is 0 Å². The molecule has 1 aliphatic heterocycles. The van der Waals surface area contributed by atoms with Crippen LogP contribution in [0.3, 0.4) is 0 Å². The van der Waals surface area contributed by atoms with Crippen LogP contribution in [0.25, 0.3) is 0 Å². The molecule has 1 aliphatic rings. The minimum absolute atomic E-state index is 0.246. The summed E-state index contributed by atoms with van der Waals surface area (Å²) >= 11 is 0. The molecule has 10 heteroatoms. The average Bonchev–Trinajstić information content (AvgIpc) is 3.15. The molecule has 172 valence electrons. The predicted molar refractivity (Wildman–Crippen MR) is 112 cm³/mol. The molecule has 1 heterocycles. The van der Waals surface area contributed by atoms with Crippen LogP contribution in [0.4, 0.5) is 0 Å². The Morgan fingerprint density at radius 1 is 1.13 bits per heavy atom. The maximum atomic E-state index is 12.8. The van der Waals surface area contributed by atoms with E-state index >= 15 is 0 Å². The first-order valence-electron chi connectivity index (χ1n) is 10.7. The number of carbonyl (C=O) groups is 4. The molecule has 0 radical (unpaired) electrons. The molecule has 1 fully saturated rings. The Morgan fingerprint density at radius 2 is 1.80 bits per heavy atom. The van der Waals surface area contributed by atoms with Crippen LogP contribution in [0.15, 0.2) is 0 Å². The van der Waals surface area contributed by atoms with Gasteiger partial charge in [0.25, 0.3) is 0 Å². The Morgan fingerprint density at radius 3 is 2.37 bits per heavy atom. The topological polar surface area (TPSA) is 168 Å². The maximum absolute atomic E-state index is 12.8. The number of aliphatic carboxylic acids is 1. The third kappa shape index (κ3) is 7.91. The first kappa shape index (κ1) is 25.8. The van der Waals surface area contributed by atoms with Crippen molar-refractivity contribution in [1.29, 1.82) is 0 Å². The second-order valence-electron chi connectivity index (χ2n) is 8.34. The van der Waals surface area contributed by atoms with Crippen LogP contribution in [-0.2, 0) is 19.2 Å². The molecule has 0 aromatic heterocycles. The van der Waals surface area contributed by atoms with Crippen LogP contribution in [0.1, 0.15) is 59.3 Å². The monoisotopic (exact) mass is 427 g/mol. The van der Waals surface area contributed by atoms with Gasteiger partial charge in [0.1, 0.15) is 18.1 Å². The van der Waals surface area contributed by atoms with Gasteiger partial charge in [-0.3, -0.25) is 14.4 Å². The molecule has 0 aromatic rings. The Labute approximate surface area is 178 Å². The van der Waals surface area contributed by atoms with Gasteiger partial charge in [0.2, 0.25) is 17.7 Å². The van der Waals surface area contributed by atoms with Crippen molar-refractivity contribution in [2.75, 3.05) is 13.1 Å². The van der Waals surface area contributed by atoms with Gasteiger partial charge in [-0.1, -0.05) is 13.8 Å². The largest absolute Gasteiger partial charge is 0.480 e. The first-order chi connectivity index (χ1) is 14.1. The molecule has 4 unspecified atom stereocenters. The molecule has 10 nitrogen and oxygen atoms in total. The molecule has 0 aliphatic carbocycles. The summed E-state index contributed by atoms with van der Waals surface area (Å²) in [5, 5.41) is 14.5. The highest BCUT2D eigenvalue weighted by Crippen LogP contribution is 2.19. The molecule has 3 amide bonds. The molecule has 0 saturated carbocycles. The third-order valence-corrected chi connectivity index (χ3v) is 5.19. The number of amides is 3. The van der Waals surface area contributed by atoms with E-state index in [1.807, 2.05) is 13.8 Å². The lowest BCUT2D eigenvalue weighted by molar-refractivity contribution is -0.145. The molecular weight excluding hydrogens is 390 g/mol. The smallest absolute Gasteiger partial charge is 0.326 e. The number of hydrogen-bond donors (Lipinski definition) is 5. The Hall–Kier alpha value is -2.20. The second-order valence-corrected chi connectivity index (χ2v) is 8.34. The highest BCUT2D eigenvalue weighted by atomic mass is 16.4. The summed E-state index contributed by atoms with van der Waals surface area (Å²) in [5.41, 5.74) is 11.3. The molecule has 4 atom stereocenters. The number of likely N-dealkylation sites (tertiary alicyclic amines) is 1. The highest BCUT2D eigenvalue weighted by molar-refractivity contribution is 5.94. The number of nitrogens with two attached hydrogens (primary N) is 2. The van der Waals surface area contributed by atoms with Crippen molar-refractivity contribution in [3.63, 3.8) is 0 Å². The van der Waals surface area contributed by atoms with E-state index in [4.69, 9.17) is 11.5 Å². The summed E-state index contributed by atoms with van der Waals surface area (Å²) in [6.45, 7) is 6.30. The zero-order chi connectivity index (χ0) is 22.8. The van der Waals surface area contributed by atoms with E-state index in [9.17, 15) is 24.3 Å². The Balaban J connectivity index is 2.70. The quantitative estimate of drug-likeness (QED) is 0.263. The van der Waals surface area contributed by atoms with Crippen molar-refractivity contribution < 1.29 is 24.3 Å². The van der Waals surface area contributed by atoms with Crippen molar-refractivity contribution in [3.05, 3.63) is 0 Å². The summed E-state index contributed by atoms with van der Waals surface area (Å²) in [4.78, 5) is 50.6. The number of nitrogens with zero attached hydrogens (tertiary/aromatic N) is 1. The van der Waals surface area contributed by atoms with Gasteiger partial charge in [0.15, 0.2) is 0 Å². The normalized spacial score (nSPS) is 19.3. The lowest BCUT2D eigenvalue weighted by Crippen LogP contribution is -2.56. The zero-order valence-corrected chi connectivity index (χ0v) is 18.2. The molecule has 30 heavy (non-hydrogen) atoms. The number of hydrogen-bond acceptors (Lipinski definition) is 6. The Kier molecular flexibility index (Phi) is 10.8. The average molecular weight is 428 g/mol. The molecule has 1 saturated heterocycles. The molecular formula is C20H37N5O5. The maximum Gasteiger partial charge on any atom is 0.326 e. The predicted octanol–water partition coefficient (Wildman–Crippen LogP) is -0.446. The van der Waals surface area contributed by atoms with Gasteiger partial charge < -0.3 is 32.1 Å². The van der Waals surface area contributed by atoms with Gasteiger partial charge in [-0.25, -0.2) is 4.79 Å². The lowest BCUT2D eigenvalue weighted by atomic mass is 10.0. The van der Waals surface area contributed by atoms with Crippen LogP contribution >= 0.6 is 0 Å². The van der Waals surface area contributed by atoms with E-state index in [1.165, 1.54) is 4.90 Å². The number of nitrogens with one attached hydrogen (secondary N) is 2. The standard InChI is InChI=1S/C20H37N5O5/c1-12(2)11-14(22)17(26)23-13(3)19(28)25-10-6-8-16(25)18(27)24-15(20(29)30)7-4-5-9-21/h12-16H,4-11,21-22H2,1-3H3,(H,23,26)(H,24,27)(H,29,30). The minimum atomic E-state index is -1.11. The third-order valence-electron chi connectivity index (χ3n) is 5.19. The van der Waals surface area contributed by atoms with Gasteiger partial charge in [-0.05, 0) is 57.9 Å². The van der Waals surface area contributed by atoms with Crippen molar-refractivity contribution in [3.8, 4) is 0 Å². The fourth-order valence-corrected chi connectivity index (χ4v) is 3.57. The zero-order valence-electron chi connectivity index (χ0n) is 18.2. The summed E-state index contributed by atoms with van der Waals surface area (Å²) in [6.07, 6.45) is 3.11. The number of carboxylic acid groups (broad SMARTS) is 1. The summed E-state index contributed by atoms with van der Waals surface area (Å²) in [5.74, 6) is -2.15. The summed E-state index contributed by atoms with van der Waals surface area (Å²) in [6, 6.07) is -3.31. The van der Waals surface area contributed by atoms with Crippen LogP contribution in [0, 0.1) is 5.92 Å². The van der Waals surface area contributed by atoms with Crippen LogP contribution < -0.4 is 22.1 Å². The second kappa shape index (κ2) is 12.5. The van der Waals surface area contributed by atoms with Crippen LogP contribution in [-0.4, -0.2) is 71.0 Å². The van der Waals surface area contributed by atoms with Crippen LogP contribution in [0.2, 0.25) is 0 Å². The van der Waals surface area contributed by atoms with E-state index in [2.05, 4.69) is 10.6 Å². The van der Waals surface area contributed by atoms with Gasteiger partial charge in [0.05, 0.1) is 6.04 Å². The lowest BCUT2D eigenvalue weighted by Gasteiger charge is -2.28. The van der Waals surface area contributed by atoms with E-state index in [0.29, 0.717) is 45.2 Å². The summed E-state index contributed by atoms with van der Waals surface area (Å²) < 4.78 is 0. The van der Waals surface area contributed by atoms with E-state index in [-0.39, 0.29) is 18.2 Å².